The molecule has 1 saturated heterocycles. The number of non-ortho nitro benzene ring substituents is 1. The van der Waals surface area contributed by atoms with E-state index in [0.29, 0.717) is 37.2 Å². The van der Waals surface area contributed by atoms with E-state index in [2.05, 4.69) is 0 Å². The fraction of sp³-hybridized carbons (Fsp3) is 0.565. The van der Waals surface area contributed by atoms with Gasteiger partial charge < -0.3 is 19.6 Å². The lowest BCUT2D eigenvalue weighted by Gasteiger charge is -2.39. The number of aliphatic hydroxyl groups is 1. The number of carbonyl (C=O) groups is 2. The van der Waals surface area contributed by atoms with E-state index in [1.165, 1.54) is 12.1 Å². The Bertz CT molecular complexity index is 963. The number of carbonyl (C=O) groups excluding carboxylic acids is 2. The summed E-state index contributed by atoms with van der Waals surface area (Å²) in [5, 5.41) is 21.7. The first-order valence-electron chi connectivity index (χ1n) is 11.0. The molecule has 0 aromatic heterocycles. The Kier molecular flexibility index (Phi) is 7.06. The molecule has 1 fully saturated rings. The van der Waals surface area contributed by atoms with Crippen LogP contribution in [0.1, 0.15) is 52.0 Å². The predicted molar refractivity (Wildman–Crippen MR) is 119 cm³/mol. The summed E-state index contributed by atoms with van der Waals surface area (Å²) in [5.74, 6) is -0.871. The van der Waals surface area contributed by atoms with Gasteiger partial charge in [0.1, 0.15) is 11.4 Å². The van der Waals surface area contributed by atoms with Crippen LogP contribution in [0.2, 0.25) is 0 Å². The SMILES string of the molecule is CC(C)(C)OC(=O)N1CCC(O)(CC(=O)N2CC=C(c3ccc([N+](=O)[O-])cc3F)CC2)CC1. The highest BCUT2D eigenvalue weighted by molar-refractivity contribution is 5.79. The minimum atomic E-state index is -1.19. The van der Waals surface area contributed by atoms with E-state index in [9.17, 15) is 29.2 Å². The quantitative estimate of drug-likeness (QED) is 0.540. The molecule has 0 bridgehead atoms. The number of hydrogen-bond acceptors (Lipinski definition) is 6. The van der Waals surface area contributed by atoms with Crippen molar-refractivity contribution in [3.8, 4) is 0 Å². The number of benzene rings is 1. The van der Waals surface area contributed by atoms with Gasteiger partial charge in [0.25, 0.3) is 5.69 Å². The van der Waals surface area contributed by atoms with Crippen LogP contribution in [-0.2, 0) is 9.53 Å². The maximum absolute atomic E-state index is 14.3. The molecule has 0 spiro atoms. The lowest BCUT2D eigenvalue weighted by molar-refractivity contribution is -0.385. The molecule has 2 aliphatic rings. The van der Waals surface area contributed by atoms with Crippen molar-refractivity contribution in [3.63, 3.8) is 0 Å². The van der Waals surface area contributed by atoms with Crippen LogP contribution in [-0.4, -0.2) is 69.2 Å². The molecule has 3 rings (SSSR count). The monoisotopic (exact) mass is 463 g/mol. The number of nitrogens with zero attached hydrogens (tertiary/aromatic N) is 3. The Balaban J connectivity index is 1.54. The lowest BCUT2D eigenvalue weighted by Crippen LogP contribution is -2.50. The van der Waals surface area contributed by atoms with Gasteiger partial charge in [0.2, 0.25) is 5.91 Å². The molecule has 0 aliphatic carbocycles. The molecule has 2 aliphatic heterocycles. The molecule has 2 amide bonds. The first-order chi connectivity index (χ1) is 15.4. The average molecular weight is 464 g/mol. The maximum Gasteiger partial charge on any atom is 0.410 e. The molecule has 180 valence electrons. The van der Waals surface area contributed by atoms with Crippen LogP contribution in [0.15, 0.2) is 24.3 Å². The smallest absolute Gasteiger partial charge is 0.410 e. The number of piperidine rings is 1. The number of ether oxygens (including phenoxy) is 1. The maximum atomic E-state index is 14.3. The molecule has 0 saturated carbocycles. The number of nitro groups is 1. The minimum absolute atomic E-state index is 0.0514. The van der Waals surface area contributed by atoms with Gasteiger partial charge in [0.15, 0.2) is 0 Å². The molecule has 33 heavy (non-hydrogen) atoms. The van der Waals surface area contributed by atoms with E-state index in [4.69, 9.17) is 4.74 Å². The first-order valence-corrected chi connectivity index (χ1v) is 11.0. The average Bonchev–Trinajstić information content (AvgIpc) is 2.72. The van der Waals surface area contributed by atoms with Crippen molar-refractivity contribution in [2.24, 2.45) is 0 Å². The number of rotatable bonds is 4. The van der Waals surface area contributed by atoms with Gasteiger partial charge in [-0.05, 0) is 51.7 Å². The van der Waals surface area contributed by atoms with Gasteiger partial charge in [-0.3, -0.25) is 14.9 Å². The van der Waals surface area contributed by atoms with E-state index in [-0.39, 0.29) is 37.4 Å². The van der Waals surface area contributed by atoms with Crippen LogP contribution in [0.4, 0.5) is 14.9 Å². The summed E-state index contributed by atoms with van der Waals surface area (Å²) in [7, 11) is 0. The number of amides is 2. The molecule has 0 unspecified atom stereocenters. The van der Waals surface area contributed by atoms with Gasteiger partial charge in [-0.25, -0.2) is 9.18 Å². The summed E-state index contributed by atoms with van der Waals surface area (Å²) >= 11 is 0. The van der Waals surface area contributed by atoms with E-state index in [1.807, 2.05) is 0 Å². The Labute approximate surface area is 192 Å². The fourth-order valence-corrected chi connectivity index (χ4v) is 4.02. The number of hydrogen-bond donors (Lipinski definition) is 1. The third-order valence-electron chi connectivity index (χ3n) is 5.90. The standard InChI is InChI=1S/C23H30FN3O6/c1-22(2,3)33-21(29)26-12-8-23(30,9-13-26)15-20(28)25-10-6-16(7-11-25)18-5-4-17(27(31)32)14-19(18)24/h4-6,14,30H,7-13,15H2,1-3H3. The van der Waals surface area contributed by atoms with Crippen molar-refractivity contribution in [2.45, 2.75) is 57.7 Å². The Hall–Kier alpha value is -3.01. The summed E-state index contributed by atoms with van der Waals surface area (Å²) in [6, 6.07) is 3.54. The van der Waals surface area contributed by atoms with Gasteiger partial charge in [-0.2, -0.15) is 0 Å². The second kappa shape index (κ2) is 9.46. The molecule has 0 atom stereocenters. The van der Waals surface area contributed by atoms with E-state index >= 15 is 0 Å². The molecule has 0 radical (unpaired) electrons. The van der Waals surface area contributed by atoms with Crippen LogP contribution in [0.5, 0.6) is 0 Å². The molecule has 1 aromatic rings. The van der Waals surface area contributed by atoms with Crippen molar-refractivity contribution in [2.75, 3.05) is 26.2 Å². The van der Waals surface area contributed by atoms with Crippen molar-refractivity contribution < 1.29 is 28.7 Å². The van der Waals surface area contributed by atoms with Crippen molar-refractivity contribution in [3.05, 3.63) is 45.8 Å². The summed E-state index contributed by atoms with van der Waals surface area (Å²) in [6.07, 6.45) is 2.22. The molecule has 10 heteroatoms. The van der Waals surface area contributed by atoms with Gasteiger partial charge >= 0.3 is 6.09 Å². The zero-order valence-corrected chi connectivity index (χ0v) is 19.2. The van der Waals surface area contributed by atoms with Crippen molar-refractivity contribution >= 4 is 23.3 Å². The minimum Gasteiger partial charge on any atom is -0.444 e. The molecule has 1 N–H and O–H groups in total. The molecular weight excluding hydrogens is 433 g/mol. The van der Waals surface area contributed by atoms with E-state index < -0.39 is 28.0 Å². The highest BCUT2D eigenvalue weighted by Crippen LogP contribution is 2.30. The largest absolute Gasteiger partial charge is 0.444 e. The molecule has 2 heterocycles. The van der Waals surface area contributed by atoms with Crippen molar-refractivity contribution in [1.29, 1.82) is 0 Å². The van der Waals surface area contributed by atoms with Gasteiger partial charge in [-0.15, -0.1) is 0 Å². The Morgan fingerprint density at radius 1 is 1.21 bits per heavy atom. The zero-order valence-electron chi connectivity index (χ0n) is 19.2. The first kappa shape index (κ1) is 24.6. The van der Waals surface area contributed by atoms with Crippen LogP contribution in [0, 0.1) is 15.9 Å². The molecule has 9 nitrogen and oxygen atoms in total. The summed E-state index contributed by atoms with van der Waals surface area (Å²) < 4.78 is 19.7. The Morgan fingerprint density at radius 2 is 1.88 bits per heavy atom. The van der Waals surface area contributed by atoms with E-state index in [1.54, 1.807) is 36.6 Å². The predicted octanol–water partition coefficient (Wildman–Crippen LogP) is 3.50. The molecule has 1 aromatic carbocycles. The summed E-state index contributed by atoms with van der Waals surface area (Å²) in [5.41, 5.74) is -1.12. The fourth-order valence-electron chi connectivity index (χ4n) is 4.02. The normalized spacial score (nSPS) is 18.5. The second-order valence-electron chi connectivity index (χ2n) is 9.61. The summed E-state index contributed by atoms with van der Waals surface area (Å²) in [6.45, 7) is 6.62. The van der Waals surface area contributed by atoms with Gasteiger partial charge in [-0.1, -0.05) is 6.08 Å². The number of nitro benzene ring substituents is 1. The highest BCUT2D eigenvalue weighted by Gasteiger charge is 2.38. The van der Waals surface area contributed by atoms with Crippen LogP contribution in [0.3, 0.4) is 0 Å². The second-order valence-corrected chi connectivity index (χ2v) is 9.61. The van der Waals surface area contributed by atoms with E-state index in [0.717, 1.165) is 6.07 Å². The highest BCUT2D eigenvalue weighted by atomic mass is 19.1. The van der Waals surface area contributed by atoms with Gasteiger partial charge in [0, 0.05) is 37.8 Å². The summed E-state index contributed by atoms with van der Waals surface area (Å²) in [4.78, 5) is 38.3. The van der Waals surface area contributed by atoms with Crippen molar-refractivity contribution in [1.82, 2.24) is 9.80 Å². The third-order valence-corrected chi connectivity index (χ3v) is 5.90. The van der Waals surface area contributed by atoms with Crippen LogP contribution >= 0.6 is 0 Å². The molecular formula is C23H30FN3O6. The topological polar surface area (TPSA) is 113 Å². The van der Waals surface area contributed by atoms with Crippen LogP contribution in [0.25, 0.3) is 5.57 Å². The Morgan fingerprint density at radius 3 is 2.39 bits per heavy atom. The zero-order chi connectivity index (χ0) is 24.4. The third kappa shape index (κ3) is 6.28. The number of halogens is 1. The van der Waals surface area contributed by atoms with Gasteiger partial charge in [0.05, 0.1) is 23.0 Å². The van der Waals surface area contributed by atoms with Crippen LogP contribution < -0.4 is 0 Å². The number of likely N-dealkylation sites (tertiary alicyclic amines) is 1. The lowest BCUT2D eigenvalue weighted by atomic mass is 9.87.